The van der Waals surface area contributed by atoms with Gasteiger partial charge in [0, 0.05) is 22.6 Å². The Kier molecular flexibility index (Phi) is 5.50. The molecule has 0 aliphatic heterocycles. The molecule has 0 aromatic carbocycles. The summed E-state index contributed by atoms with van der Waals surface area (Å²) in [7, 11) is 0. The van der Waals surface area contributed by atoms with Crippen LogP contribution in [0.2, 0.25) is 0 Å². The Hall–Kier alpha value is 0.760. The highest BCUT2D eigenvalue weighted by molar-refractivity contribution is 14.1. The third-order valence-corrected chi connectivity index (χ3v) is 3.05. The smallest absolute Gasteiger partial charge is 0.236 e. The zero-order valence-electron chi connectivity index (χ0n) is 7.69. The zero-order chi connectivity index (χ0) is 15.2. The van der Waals surface area contributed by atoms with Gasteiger partial charge in [-0.2, -0.15) is 35.1 Å². The van der Waals surface area contributed by atoms with Crippen LogP contribution in [0.15, 0.2) is 0 Å². The van der Waals surface area contributed by atoms with Gasteiger partial charge in [0.25, 0.3) is 0 Å². The van der Waals surface area contributed by atoms with Crippen LogP contribution in [-0.4, -0.2) is 32.0 Å². The standard InChI is InChI=1S/C6H2F10I2/c7-1(2(8)17)3(9,10)4(11,12)5(13,14)6(15,16)18/h1-2H. The number of hydrogen-bond acceptors (Lipinski definition) is 0. The Bertz CT molecular complexity index is 295. The highest BCUT2D eigenvalue weighted by Crippen LogP contribution is 2.56. The van der Waals surface area contributed by atoms with Crippen LogP contribution in [-0.2, 0) is 0 Å². The Morgan fingerprint density at radius 2 is 1.06 bits per heavy atom. The van der Waals surface area contributed by atoms with E-state index in [0.29, 0.717) is 22.6 Å². The number of halogens is 12. The van der Waals surface area contributed by atoms with E-state index in [1.54, 1.807) is 0 Å². The van der Waals surface area contributed by atoms with Gasteiger partial charge in [0.1, 0.15) is 0 Å². The molecule has 110 valence electrons. The summed E-state index contributed by atoms with van der Waals surface area (Å²) in [5.41, 5.74) is 0. The summed E-state index contributed by atoms with van der Waals surface area (Å²) < 4.78 is 116. The fraction of sp³-hybridized carbons (Fsp3) is 1.00. The Morgan fingerprint density at radius 1 is 0.722 bits per heavy atom. The predicted octanol–water partition coefficient (Wildman–Crippen LogP) is 4.99. The first-order chi connectivity index (χ1) is 7.60. The van der Waals surface area contributed by atoms with Crippen LogP contribution in [0.3, 0.4) is 0 Å². The molecule has 0 aromatic heterocycles. The molecule has 0 aliphatic carbocycles. The maximum absolute atomic E-state index is 12.7. The van der Waals surface area contributed by atoms with E-state index in [0.717, 1.165) is 0 Å². The minimum Gasteiger partial charge on any atom is -0.236 e. The Labute approximate surface area is 121 Å². The van der Waals surface area contributed by atoms with Gasteiger partial charge < -0.3 is 0 Å². The second-order valence-corrected chi connectivity index (χ2v) is 5.55. The molecule has 12 heteroatoms. The van der Waals surface area contributed by atoms with E-state index in [4.69, 9.17) is 0 Å². The molecule has 18 heavy (non-hydrogen) atoms. The molecule has 2 atom stereocenters. The molecule has 0 radical (unpaired) electrons. The summed E-state index contributed by atoms with van der Waals surface area (Å²) in [6.45, 7) is 0. The molecule has 0 heterocycles. The predicted molar refractivity (Wildman–Crippen MR) is 57.6 cm³/mol. The third kappa shape index (κ3) is 2.92. The Morgan fingerprint density at radius 3 is 1.28 bits per heavy atom. The molecular formula is C6H2F10I2. The first kappa shape index (κ1) is 18.8. The van der Waals surface area contributed by atoms with Gasteiger partial charge in [0.15, 0.2) is 4.18 Å². The van der Waals surface area contributed by atoms with Gasteiger partial charge in [-0.15, -0.1) is 0 Å². The molecule has 0 fully saturated rings. The minimum absolute atomic E-state index is 0.294. The zero-order valence-corrected chi connectivity index (χ0v) is 12.0. The maximum Gasteiger partial charge on any atom is 0.387 e. The van der Waals surface area contributed by atoms with Gasteiger partial charge in [-0.1, -0.05) is 0 Å². The van der Waals surface area contributed by atoms with Crippen molar-refractivity contribution in [1.29, 1.82) is 0 Å². The molecule has 0 bridgehead atoms. The normalized spacial score (nSPS) is 18.7. The Balaban J connectivity index is 5.64. The maximum atomic E-state index is 12.7. The lowest BCUT2D eigenvalue weighted by molar-refractivity contribution is -0.354. The van der Waals surface area contributed by atoms with Crippen molar-refractivity contribution in [2.75, 3.05) is 0 Å². The number of alkyl halides is 12. The minimum atomic E-state index is -6.76. The van der Waals surface area contributed by atoms with Crippen LogP contribution in [0, 0.1) is 0 Å². The average Bonchev–Trinajstić information content (AvgIpc) is 2.13. The molecule has 0 nitrogen and oxygen atoms in total. The summed E-state index contributed by atoms with van der Waals surface area (Å²) in [4.78, 5) is 0. The quantitative estimate of drug-likeness (QED) is 0.274. The van der Waals surface area contributed by atoms with Crippen molar-refractivity contribution in [3.8, 4) is 0 Å². The average molecular weight is 518 g/mol. The molecule has 2 unspecified atom stereocenters. The summed E-state index contributed by atoms with van der Waals surface area (Å²) in [5.74, 6) is -19.6. The van der Waals surface area contributed by atoms with Crippen LogP contribution in [0.5, 0.6) is 0 Å². The first-order valence-electron chi connectivity index (χ1n) is 3.73. The van der Waals surface area contributed by atoms with E-state index < -0.39 is 54.6 Å². The van der Waals surface area contributed by atoms with Gasteiger partial charge in [0.05, 0.1) is 0 Å². The molecule has 0 amide bonds. The van der Waals surface area contributed by atoms with Crippen LogP contribution < -0.4 is 0 Å². The summed E-state index contributed by atoms with van der Waals surface area (Å²) in [6, 6.07) is 0. The molecule has 0 aromatic rings. The number of rotatable bonds is 5. The van der Waals surface area contributed by atoms with Crippen LogP contribution in [0.1, 0.15) is 0 Å². The van der Waals surface area contributed by atoms with Gasteiger partial charge >= 0.3 is 21.7 Å². The molecule has 0 aliphatic rings. The van der Waals surface area contributed by atoms with E-state index in [9.17, 15) is 43.9 Å². The summed E-state index contributed by atoms with van der Waals surface area (Å²) in [5, 5.41) is 0. The SMILES string of the molecule is FC(I)C(F)C(F)(F)C(F)(F)C(F)(F)C(F)(F)I. The van der Waals surface area contributed by atoms with Crippen molar-refractivity contribution in [2.24, 2.45) is 0 Å². The van der Waals surface area contributed by atoms with Crippen molar-refractivity contribution in [2.45, 2.75) is 32.0 Å². The van der Waals surface area contributed by atoms with Crippen molar-refractivity contribution in [3.05, 3.63) is 0 Å². The van der Waals surface area contributed by atoms with Crippen molar-refractivity contribution >= 4 is 45.2 Å². The van der Waals surface area contributed by atoms with E-state index in [-0.39, 0.29) is 0 Å². The monoisotopic (exact) mass is 518 g/mol. The first-order valence-corrected chi connectivity index (χ1v) is 6.05. The third-order valence-electron chi connectivity index (χ3n) is 1.74. The molecular weight excluding hydrogens is 516 g/mol. The second kappa shape index (κ2) is 5.27. The van der Waals surface area contributed by atoms with E-state index in [2.05, 4.69) is 0 Å². The lowest BCUT2D eigenvalue weighted by Gasteiger charge is -2.36. The summed E-state index contributed by atoms with van der Waals surface area (Å²) in [6.07, 6.45) is -4.36. The molecule has 0 saturated carbocycles. The molecule has 0 N–H and O–H groups in total. The molecule has 0 spiro atoms. The van der Waals surface area contributed by atoms with Crippen molar-refractivity contribution in [3.63, 3.8) is 0 Å². The fourth-order valence-corrected chi connectivity index (χ4v) is 1.51. The van der Waals surface area contributed by atoms with Gasteiger partial charge in [-0.25, -0.2) is 8.78 Å². The topological polar surface area (TPSA) is 0 Å². The largest absolute Gasteiger partial charge is 0.387 e. The number of hydrogen-bond donors (Lipinski definition) is 0. The van der Waals surface area contributed by atoms with Crippen LogP contribution >= 0.6 is 45.2 Å². The lowest BCUT2D eigenvalue weighted by atomic mass is 10.0. The van der Waals surface area contributed by atoms with Gasteiger partial charge in [0.2, 0.25) is 6.17 Å². The lowest BCUT2D eigenvalue weighted by Crippen LogP contribution is -2.64. The highest BCUT2D eigenvalue weighted by Gasteiger charge is 2.82. The van der Waals surface area contributed by atoms with E-state index >= 15 is 0 Å². The highest BCUT2D eigenvalue weighted by atomic mass is 127. The van der Waals surface area contributed by atoms with Crippen LogP contribution in [0.25, 0.3) is 0 Å². The summed E-state index contributed by atoms with van der Waals surface area (Å²) >= 11 is -0.196. The van der Waals surface area contributed by atoms with Crippen molar-refractivity contribution < 1.29 is 43.9 Å². The second-order valence-electron chi connectivity index (χ2n) is 3.01. The van der Waals surface area contributed by atoms with E-state index in [1.807, 2.05) is 0 Å². The fourth-order valence-electron chi connectivity index (χ4n) is 0.719. The van der Waals surface area contributed by atoms with Crippen molar-refractivity contribution in [1.82, 2.24) is 0 Å². The van der Waals surface area contributed by atoms with Gasteiger partial charge in [-0.3, -0.25) is 0 Å². The molecule has 0 saturated heterocycles. The van der Waals surface area contributed by atoms with Gasteiger partial charge in [-0.05, 0) is 22.6 Å². The molecule has 0 rings (SSSR count). The van der Waals surface area contributed by atoms with E-state index in [1.165, 1.54) is 0 Å². The van der Waals surface area contributed by atoms with Crippen LogP contribution in [0.4, 0.5) is 43.9 Å².